The van der Waals surface area contributed by atoms with Crippen molar-refractivity contribution in [2.45, 2.75) is 12.3 Å². The van der Waals surface area contributed by atoms with Crippen LogP contribution in [0.4, 0.5) is 0 Å². The van der Waals surface area contributed by atoms with E-state index in [-0.39, 0.29) is 5.38 Å². The van der Waals surface area contributed by atoms with Gasteiger partial charge in [-0.25, -0.2) is 0 Å². The van der Waals surface area contributed by atoms with Crippen LogP contribution in [0, 0.1) is 6.92 Å². The minimum Gasteiger partial charge on any atom is -0.486 e. The Bertz CT molecular complexity index is 609. The SMILES string of the molecule is Cc1ccc(C(Cl)c2cc3c(cc2Cl)OCCO3)s1. The molecule has 0 bridgehead atoms. The van der Waals surface area contributed by atoms with Crippen molar-refractivity contribution in [3.05, 3.63) is 44.6 Å². The molecular weight excluding hydrogens is 303 g/mol. The molecule has 1 unspecified atom stereocenters. The Labute approximate surface area is 125 Å². The summed E-state index contributed by atoms with van der Waals surface area (Å²) in [6.45, 7) is 3.17. The van der Waals surface area contributed by atoms with Crippen molar-refractivity contribution in [3.8, 4) is 11.5 Å². The second-order valence-corrected chi connectivity index (χ2v) is 6.49. The number of fused-ring (bicyclic) bond motifs is 1. The van der Waals surface area contributed by atoms with E-state index in [4.69, 9.17) is 32.7 Å². The number of hydrogen-bond donors (Lipinski definition) is 0. The number of aryl methyl sites for hydroxylation is 1. The summed E-state index contributed by atoms with van der Waals surface area (Å²) in [5.41, 5.74) is 0.856. The molecule has 2 nitrogen and oxygen atoms in total. The molecular formula is C14H12Cl2O2S. The molecule has 100 valence electrons. The second-order valence-electron chi connectivity index (χ2n) is 4.33. The third kappa shape index (κ3) is 2.55. The van der Waals surface area contributed by atoms with Gasteiger partial charge in [0.25, 0.3) is 0 Å². The van der Waals surface area contributed by atoms with Gasteiger partial charge in [0.1, 0.15) is 13.2 Å². The summed E-state index contributed by atoms with van der Waals surface area (Å²) < 4.78 is 11.1. The molecule has 1 aliphatic rings. The highest BCUT2D eigenvalue weighted by Crippen LogP contribution is 2.42. The van der Waals surface area contributed by atoms with Crippen molar-refractivity contribution in [1.29, 1.82) is 0 Å². The van der Waals surface area contributed by atoms with E-state index in [9.17, 15) is 0 Å². The first-order chi connectivity index (χ1) is 9.15. The van der Waals surface area contributed by atoms with Crippen molar-refractivity contribution in [1.82, 2.24) is 0 Å². The Balaban J connectivity index is 2.00. The number of benzene rings is 1. The molecule has 0 amide bonds. The van der Waals surface area contributed by atoms with E-state index >= 15 is 0 Å². The van der Waals surface area contributed by atoms with Crippen LogP contribution in [0.2, 0.25) is 5.02 Å². The molecule has 19 heavy (non-hydrogen) atoms. The molecule has 0 N–H and O–H groups in total. The van der Waals surface area contributed by atoms with Crippen LogP contribution in [-0.2, 0) is 0 Å². The van der Waals surface area contributed by atoms with Gasteiger partial charge in [0.2, 0.25) is 0 Å². The second kappa shape index (κ2) is 5.23. The molecule has 0 saturated carbocycles. The molecule has 0 fully saturated rings. The van der Waals surface area contributed by atoms with Gasteiger partial charge in [0, 0.05) is 20.8 Å². The van der Waals surface area contributed by atoms with Crippen LogP contribution < -0.4 is 9.47 Å². The number of thiophene rings is 1. The Morgan fingerprint density at radius 3 is 2.47 bits per heavy atom. The average molecular weight is 315 g/mol. The molecule has 1 aliphatic heterocycles. The molecule has 5 heteroatoms. The predicted molar refractivity (Wildman–Crippen MR) is 79.2 cm³/mol. The van der Waals surface area contributed by atoms with E-state index in [1.807, 2.05) is 12.1 Å². The van der Waals surface area contributed by atoms with Crippen LogP contribution in [0.1, 0.15) is 20.7 Å². The summed E-state index contributed by atoms with van der Waals surface area (Å²) in [6.07, 6.45) is 0. The van der Waals surface area contributed by atoms with Crippen LogP contribution in [-0.4, -0.2) is 13.2 Å². The number of hydrogen-bond acceptors (Lipinski definition) is 3. The first kappa shape index (κ1) is 13.1. The highest BCUT2D eigenvalue weighted by Gasteiger charge is 2.21. The maximum Gasteiger partial charge on any atom is 0.162 e. The molecule has 2 heterocycles. The Hall–Kier alpha value is -0.900. The van der Waals surface area contributed by atoms with Crippen LogP contribution in [0.25, 0.3) is 0 Å². The summed E-state index contributed by atoms with van der Waals surface area (Å²) in [4.78, 5) is 2.31. The van der Waals surface area contributed by atoms with Crippen LogP contribution in [0.3, 0.4) is 0 Å². The first-order valence-corrected chi connectivity index (χ1v) is 7.57. The van der Waals surface area contributed by atoms with Gasteiger partial charge in [-0.3, -0.25) is 0 Å². The largest absolute Gasteiger partial charge is 0.486 e. The molecule has 3 rings (SSSR count). The minimum absolute atomic E-state index is 0.262. The average Bonchev–Trinajstić information content (AvgIpc) is 2.84. The molecule has 1 aromatic heterocycles. The van der Waals surface area contributed by atoms with Gasteiger partial charge in [0.05, 0.1) is 5.38 Å². The zero-order chi connectivity index (χ0) is 13.4. The maximum absolute atomic E-state index is 6.52. The highest BCUT2D eigenvalue weighted by molar-refractivity contribution is 7.12. The van der Waals surface area contributed by atoms with E-state index in [2.05, 4.69) is 13.0 Å². The van der Waals surface area contributed by atoms with Crippen molar-refractivity contribution < 1.29 is 9.47 Å². The number of rotatable bonds is 2. The van der Waals surface area contributed by atoms with E-state index in [1.54, 1.807) is 17.4 Å². The molecule has 0 saturated heterocycles. The smallest absolute Gasteiger partial charge is 0.162 e. The van der Waals surface area contributed by atoms with Crippen LogP contribution in [0.5, 0.6) is 11.5 Å². The van der Waals surface area contributed by atoms with Gasteiger partial charge >= 0.3 is 0 Å². The van der Waals surface area contributed by atoms with Gasteiger partial charge in [-0.2, -0.15) is 0 Å². The van der Waals surface area contributed by atoms with E-state index in [0.29, 0.717) is 29.7 Å². The lowest BCUT2D eigenvalue weighted by Crippen LogP contribution is -2.15. The summed E-state index contributed by atoms with van der Waals surface area (Å²) in [6, 6.07) is 7.75. The van der Waals surface area contributed by atoms with Gasteiger partial charge in [0.15, 0.2) is 11.5 Å². The Kier molecular flexibility index (Phi) is 3.61. The quantitative estimate of drug-likeness (QED) is 0.741. The molecule has 0 spiro atoms. The summed E-state index contributed by atoms with van der Waals surface area (Å²) >= 11 is 14.5. The lowest BCUT2D eigenvalue weighted by Gasteiger charge is -2.21. The topological polar surface area (TPSA) is 18.5 Å². The lowest BCUT2D eigenvalue weighted by atomic mass is 10.1. The van der Waals surface area contributed by atoms with Crippen molar-refractivity contribution in [3.63, 3.8) is 0 Å². The molecule has 0 radical (unpaired) electrons. The van der Waals surface area contributed by atoms with Gasteiger partial charge < -0.3 is 9.47 Å². The fourth-order valence-electron chi connectivity index (χ4n) is 2.02. The van der Waals surface area contributed by atoms with Gasteiger partial charge in [-0.15, -0.1) is 22.9 Å². The number of halogens is 2. The standard InChI is InChI=1S/C14H12Cl2O2S/c1-8-2-3-13(19-8)14(16)9-6-11-12(7-10(9)15)18-5-4-17-11/h2-3,6-7,14H,4-5H2,1H3. The number of ether oxygens (including phenoxy) is 2. The summed E-state index contributed by atoms with van der Waals surface area (Å²) in [7, 11) is 0. The zero-order valence-electron chi connectivity index (χ0n) is 10.3. The Morgan fingerprint density at radius 2 is 1.84 bits per heavy atom. The third-order valence-corrected chi connectivity index (χ3v) is 4.94. The van der Waals surface area contributed by atoms with Gasteiger partial charge in [-0.1, -0.05) is 11.6 Å². The van der Waals surface area contributed by atoms with Crippen molar-refractivity contribution >= 4 is 34.5 Å². The van der Waals surface area contributed by atoms with E-state index < -0.39 is 0 Å². The highest BCUT2D eigenvalue weighted by atomic mass is 35.5. The van der Waals surface area contributed by atoms with E-state index in [1.165, 1.54) is 4.88 Å². The summed E-state index contributed by atoms with van der Waals surface area (Å²) in [5.74, 6) is 1.40. The first-order valence-electron chi connectivity index (χ1n) is 5.94. The fraction of sp³-hybridized carbons (Fsp3) is 0.286. The van der Waals surface area contributed by atoms with Crippen molar-refractivity contribution in [2.75, 3.05) is 13.2 Å². The minimum atomic E-state index is -0.262. The fourth-order valence-corrected chi connectivity index (χ4v) is 3.60. The van der Waals surface area contributed by atoms with Crippen molar-refractivity contribution in [2.24, 2.45) is 0 Å². The Morgan fingerprint density at radius 1 is 1.16 bits per heavy atom. The third-order valence-electron chi connectivity index (χ3n) is 2.95. The molecule has 0 aliphatic carbocycles. The molecule has 1 aromatic carbocycles. The molecule has 1 atom stereocenters. The zero-order valence-corrected chi connectivity index (χ0v) is 12.6. The van der Waals surface area contributed by atoms with Gasteiger partial charge in [-0.05, 0) is 30.7 Å². The lowest BCUT2D eigenvalue weighted by molar-refractivity contribution is 0.171. The van der Waals surface area contributed by atoms with Crippen LogP contribution in [0.15, 0.2) is 24.3 Å². The number of alkyl halides is 1. The predicted octanol–water partition coefficient (Wildman–Crippen LogP) is 4.81. The monoisotopic (exact) mass is 314 g/mol. The molecule has 2 aromatic rings. The summed E-state index contributed by atoms with van der Waals surface area (Å²) in [5, 5.41) is 0.345. The van der Waals surface area contributed by atoms with Crippen LogP contribution >= 0.6 is 34.5 Å². The normalized spacial score (nSPS) is 15.3. The van der Waals surface area contributed by atoms with E-state index in [0.717, 1.165) is 10.4 Å². The maximum atomic E-state index is 6.52.